The molecule has 1 atom stereocenters. The van der Waals surface area contributed by atoms with Crippen molar-refractivity contribution in [3.8, 4) is 0 Å². The summed E-state index contributed by atoms with van der Waals surface area (Å²) in [5.74, 6) is 0.831. The van der Waals surface area contributed by atoms with Gasteiger partial charge in [-0.1, -0.05) is 0 Å². The van der Waals surface area contributed by atoms with Crippen LogP contribution in [-0.2, 0) is 17.8 Å². The molecule has 2 aliphatic heterocycles. The summed E-state index contributed by atoms with van der Waals surface area (Å²) in [6.45, 7) is 6.31. The van der Waals surface area contributed by atoms with Crippen molar-refractivity contribution < 1.29 is 9.59 Å². The van der Waals surface area contributed by atoms with Crippen LogP contribution in [0.4, 0.5) is 0 Å². The molecule has 1 N–H and O–H groups in total. The molecule has 0 aromatic carbocycles. The number of hydrogen-bond acceptors (Lipinski definition) is 4. The maximum atomic E-state index is 12.7. The molecule has 6 heteroatoms. The van der Waals surface area contributed by atoms with Crippen molar-refractivity contribution in [3.05, 3.63) is 28.5 Å². The minimum absolute atomic E-state index is 0.0507. The highest BCUT2D eigenvalue weighted by Gasteiger charge is 2.39. The number of amides is 1. The highest BCUT2D eigenvalue weighted by Crippen LogP contribution is 2.35. The fourth-order valence-electron chi connectivity index (χ4n) is 3.48. The van der Waals surface area contributed by atoms with Crippen LogP contribution in [0.5, 0.6) is 0 Å². The van der Waals surface area contributed by atoms with Gasteiger partial charge in [0.1, 0.15) is 11.5 Å². The molecule has 0 bridgehead atoms. The van der Waals surface area contributed by atoms with Gasteiger partial charge >= 0.3 is 0 Å². The second-order valence-corrected chi connectivity index (χ2v) is 6.08. The Morgan fingerprint density at radius 2 is 2.10 bits per heavy atom. The van der Waals surface area contributed by atoms with E-state index in [-0.39, 0.29) is 17.7 Å². The molecule has 1 aliphatic carbocycles. The Morgan fingerprint density at radius 1 is 1.33 bits per heavy atom. The third-order valence-electron chi connectivity index (χ3n) is 4.46. The van der Waals surface area contributed by atoms with E-state index in [1.165, 1.54) is 6.92 Å². The third-order valence-corrected chi connectivity index (χ3v) is 4.46. The van der Waals surface area contributed by atoms with Gasteiger partial charge in [0, 0.05) is 33.0 Å². The molecule has 4 rings (SSSR count). The molecule has 110 valence electrons. The van der Waals surface area contributed by atoms with Crippen molar-refractivity contribution in [1.29, 1.82) is 0 Å². The number of rotatable bonds is 2. The summed E-state index contributed by atoms with van der Waals surface area (Å²) in [5, 5.41) is 2.92. The van der Waals surface area contributed by atoms with E-state index in [0.717, 1.165) is 55.3 Å². The molecule has 1 saturated heterocycles. The quantitative estimate of drug-likeness (QED) is 0.816. The third kappa shape index (κ3) is 1.81. The fourth-order valence-corrected chi connectivity index (χ4v) is 3.48. The summed E-state index contributed by atoms with van der Waals surface area (Å²) in [5.41, 5.74) is 3.59. The second-order valence-electron chi connectivity index (χ2n) is 6.08. The monoisotopic (exact) mass is 286 g/mol. The number of imidazole rings is 1. The predicted octanol–water partition coefficient (Wildman–Crippen LogP) is 0.792. The van der Waals surface area contributed by atoms with Crippen LogP contribution in [-0.4, -0.2) is 39.2 Å². The van der Waals surface area contributed by atoms with Crippen molar-refractivity contribution in [2.75, 3.05) is 13.1 Å². The number of carbonyl (C=O) groups is 2. The van der Waals surface area contributed by atoms with Gasteiger partial charge in [0.05, 0.1) is 17.4 Å². The number of hydrogen-bond donors (Lipinski definition) is 1. The minimum Gasteiger partial charge on any atom is -0.365 e. The number of ketones is 1. The Hall–Kier alpha value is -2.11. The largest absolute Gasteiger partial charge is 0.365 e. The number of Topliss-reactive ketones (excluding diaryl/α,β-unsaturated/α-hetero) is 1. The molecule has 0 spiro atoms. The second kappa shape index (κ2) is 4.19. The molecule has 0 saturated carbocycles. The first kappa shape index (κ1) is 12.6. The van der Waals surface area contributed by atoms with Gasteiger partial charge in [0.15, 0.2) is 0 Å². The Labute approximate surface area is 122 Å². The summed E-state index contributed by atoms with van der Waals surface area (Å²) in [6, 6.07) is -0.0640. The van der Waals surface area contributed by atoms with Crippen molar-refractivity contribution in [2.45, 2.75) is 39.3 Å². The average Bonchev–Trinajstić information content (AvgIpc) is 3.06. The van der Waals surface area contributed by atoms with E-state index in [9.17, 15) is 9.59 Å². The van der Waals surface area contributed by atoms with E-state index in [1.807, 2.05) is 6.92 Å². The molecular formula is C15H18N4O2. The number of nitrogens with zero attached hydrogens (tertiary/aromatic N) is 3. The first-order chi connectivity index (χ1) is 10.1. The molecule has 0 radical (unpaired) electrons. The molecule has 3 aliphatic rings. The first-order valence-electron chi connectivity index (χ1n) is 7.42. The lowest BCUT2D eigenvalue weighted by Crippen LogP contribution is -2.25. The molecule has 1 aromatic rings. The van der Waals surface area contributed by atoms with Gasteiger partial charge in [-0.25, -0.2) is 4.98 Å². The van der Waals surface area contributed by atoms with Crippen LogP contribution < -0.4 is 5.32 Å². The summed E-state index contributed by atoms with van der Waals surface area (Å²) in [6.07, 6.45) is 1.64. The van der Waals surface area contributed by atoms with Crippen molar-refractivity contribution in [2.24, 2.45) is 0 Å². The maximum Gasteiger partial charge on any atom is 0.229 e. The molecule has 21 heavy (non-hydrogen) atoms. The minimum atomic E-state index is -0.0640. The van der Waals surface area contributed by atoms with Crippen molar-refractivity contribution in [1.82, 2.24) is 19.8 Å². The van der Waals surface area contributed by atoms with Crippen LogP contribution in [0, 0.1) is 0 Å². The fraction of sp³-hybridized carbons (Fsp3) is 0.533. The molecule has 1 amide bonds. The van der Waals surface area contributed by atoms with E-state index in [2.05, 4.69) is 19.8 Å². The standard InChI is InChI=1S/C15H18N4O2/c1-8-7-11-12(14(21)13(8)18-5-6-18)17-15-10(16-9(2)20)3-4-19(11)15/h10H,3-7H2,1-2H3,(H,16,20). The van der Waals surface area contributed by atoms with Gasteiger partial charge in [-0.15, -0.1) is 0 Å². The number of carbonyl (C=O) groups excluding carboxylic acids is 2. The average molecular weight is 286 g/mol. The zero-order valence-corrected chi connectivity index (χ0v) is 12.3. The zero-order valence-electron chi connectivity index (χ0n) is 12.3. The van der Waals surface area contributed by atoms with Gasteiger partial charge in [0.25, 0.3) is 0 Å². The summed E-state index contributed by atoms with van der Waals surface area (Å²) >= 11 is 0. The van der Waals surface area contributed by atoms with Gasteiger partial charge < -0.3 is 14.8 Å². The van der Waals surface area contributed by atoms with Crippen molar-refractivity contribution in [3.63, 3.8) is 0 Å². The highest BCUT2D eigenvalue weighted by atomic mass is 16.1. The van der Waals surface area contributed by atoms with Gasteiger partial charge in [-0.2, -0.15) is 0 Å². The van der Waals surface area contributed by atoms with E-state index < -0.39 is 0 Å². The number of allylic oxidation sites excluding steroid dienone is 2. The van der Waals surface area contributed by atoms with E-state index >= 15 is 0 Å². The van der Waals surface area contributed by atoms with Crippen LogP contribution in [0.25, 0.3) is 0 Å². The van der Waals surface area contributed by atoms with Crippen LogP contribution in [0.1, 0.15) is 48.3 Å². The highest BCUT2D eigenvalue weighted by molar-refractivity contribution is 6.09. The molecule has 1 fully saturated rings. The van der Waals surface area contributed by atoms with Crippen molar-refractivity contribution >= 4 is 11.7 Å². The molecule has 3 heterocycles. The lowest BCUT2D eigenvalue weighted by molar-refractivity contribution is -0.119. The topological polar surface area (TPSA) is 67.0 Å². The molecule has 1 aromatic heterocycles. The Kier molecular flexibility index (Phi) is 2.52. The van der Waals surface area contributed by atoms with Gasteiger partial charge in [-0.3, -0.25) is 9.59 Å². The molecular weight excluding hydrogens is 268 g/mol. The number of aromatic nitrogens is 2. The van der Waals surface area contributed by atoms with E-state index in [4.69, 9.17) is 0 Å². The zero-order chi connectivity index (χ0) is 14.7. The summed E-state index contributed by atoms with van der Waals surface area (Å²) < 4.78 is 2.12. The summed E-state index contributed by atoms with van der Waals surface area (Å²) in [7, 11) is 0. The number of nitrogens with one attached hydrogen (secondary N) is 1. The maximum absolute atomic E-state index is 12.7. The van der Waals surface area contributed by atoms with Crippen LogP contribution >= 0.6 is 0 Å². The normalized spacial score (nSPS) is 23.2. The molecule has 6 nitrogen and oxygen atoms in total. The smallest absolute Gasteiger partial charge is 0.229 e. The van der Waals surface area contributed by atoms with Gasteiger partial charge in [0.2, 0.25) is 11.7 Å². The Balaban J connectivity index is 1.74. The Morgan fingerprint density at radius 3 is 2.76 bits per heavy atom. The predicted molar refractivity (Wildman–Crippen MR) is 75.7 cm³/mol. The number of fused-ring (bicyclic) bond motifs is 3. The SMILES string of the molecule is CC(=O)NC1CCn2c1nc1c2CC(C)=C(N2CC2)C1=O. The lowest BCUT2D eigenvalue weighted by Gasteiger charge is -2.18. The van der Waals surface area contributed by atoms with Crippen LogP contribution in [0.3, 0.4) is 0 Å². The molecule has 1 unspecified atom stereocenters. The summed E-state index contributed by atoms with van der Waals surface area (Å²) in [4.78, 5) is 30.7. The Bertz CT molecular complexity index is 697. The lowest BCUT2D eigenvalue weighted by atomic mass is 9.96. The van der Waals surface area contributed by atoms with E-state index in [0.29, 0.717) is 5.69 Å². The first-order valence-corrected chi connectivity index (χ1v) is 7.42. The van der Waals surface area contributed by atoms with Crippen LogP contribution in [0.2, 0.25) is 0 Å². The van der Waals surface area contributed by atoms with E-state index in [1.54, 1.807) is 0 Å². The van der Waals surface area contributed by atoms with Crippen LogP contribution in [0.15, 0.2) is 11.3 Å². The van der Waals surface area contributed by atoms with Gasteiger partial charge in [-0.05, 0) is 18.9 Å².